The molecular formula is C22H29N3O3. The van der Waals surface area contributed by atoms with Gasteiger partial charge in [-0.1, -0.05) is 12.1 Å². The second kappa shape index (κ2) is 9.06. The van der Waals surface area contributed by atoms with E-state index in [0.717, 1.165) is 55.9 Å². The highest BCUT2D eigenvalue weighted by atomic mass is 16.6. The maximum Gasteiger partial charge on any atom is 0.269 e. The first-order valence-electron chi connectivity index (χ1n) is 9.76. The average Bonchev–Trinajstić information content (AvgIpc) is 2.67. The summed E-state index contributed by atoms with van der Waals surface area (Å²) in [7, 11) is 5.85. The van der Waals surface area contributed by atoms with E-state index in [4.69, 9.17) is 4.74 Å². The second-order valence-corrected chi connectivity index (χ2v) is 7.81. The van der Waals surface area contributed by atoms with Gasteiger partial charge in [-0.2, -0.15) is 0 Å². The number of nitrogens with zero attached hydrogens (tertiary/aromatic N) is 3. The smallest absolute Gasteiger partial charge is 0.269 e. The number of nitro groups is 1. The van der Waals surface area contributed by atoms with Crippen molar-refractivity contribution in [3.05, 3.63) is 63.7 Å². The van der Waals surface area contributed by atoms with Gasteiger partial charge in [-0.05, 0) is 75.1 Å². The zero-order valence-corrected chi connectivity index (χ0v) is 16.9. The van der Waals surface area contributed by atoms with Crippen LogP contribution in [0, 0.1) is 16.0 Å². The quantitative estimate of drug-likeness (QED) is 0.507. The molecule has 1 aliphatic rings. The van der Waals surface area contributed by atoms with E-state index >= 15 is 0 Å². The van der Waals surface area contributed by atoms with Crippen LogP contribution in [0.15, 0.2) is 42.5 Å². The Bertz CT molecular complexity index is 805. The highest BCUT2D eigenvalue weighted by molar-refractivity contribution is 5.60. The third kappa shape index (κ3) is 5.01. The summed E-state index contributed by atoms with van der Waals surface area (Å²) in [5, 5.41) is 11.2. The molecule has 1 unspecified atom stereocenters. The van der Waals surface area contributed by atoms with Gasteiger partial charge in [0.1, 0.15) is 5.75 Å². The van der Waals surface area contributed by atoms with Crippen molar-refractivity contribution >= 4 is 11.4 Å². The molecule has 0 spiro atoms. The van der Waals surface area contributed by atoms with Crippen LogP contribution in [0.1, 0.15) is 24.0 Å². The van der Waals surface area contributed by atoms with Crippen LogP contribution in [0.25, 0.3) is 0 Å². The van der Waals surface area contributed by atoms with Crippen LogP contribution < -0.4 is 9.64 Å². The predicted octanol–water partition coefficient (Wildman–Crippen LogP) is 4.12. The number of fused-ring (bicyclic) bond motifs is 1. The number of hydrogen-bond acceptors (Lipinski definition) is 5. The molecule has 3 rings (SSSR count). The van der Waals surface area contributed by atoms with Crippen LogP contribution in [0.5, 0.6) is 5.75 Å². The zero-order chi connectivity index (χ0) is 20.1. The van der Waals surface area contributed by atoms with Crippen molar-refractivity contribution in [3.63, 3.8) is 0 Å². The van der Waals surface area contributed by atoms with E-state index in [-0.39, 0.29) is 10.6 Å². The van der Waals surface area contributed by atoms with Crippen LogP contribution in [-0.4, -0.2) is 44.1 Å². The van der Waals surface area contributed by atoms with Crippen molar-refractivity contribution in [1.82, 2.24) is 4.90 Å². The van der Waals surface area contributed by atoms with Gasteiger partial charge < -0.3 is 14.5 Å². The molecule has 2 aromatic carbocycles. The van der Waals surface area contributed by atoms with Crippen LogP contribution in [-0.2, 0) is 13.0 Å². The molecular weight excluding hydrogens is 354 g/mol. The third-order valence-electron chi connectivity index (χ3n) is 5.35. The molecule has 0 fully saturated rings. The first-order valence-corrected chi connectivity index (χ1v) is 9.76. The Morgan fingerprint density at radius 1 is 1.21 bits per heavy atom. The lowest BCUT2D eigenvalue weighted by atomic mass is 9.88. The van der Waals surface area contributed by atoms with Gasteiger partial charge in [0.2, 0.25) is 0 Å². The topological polar surface area (TPSA) is 58.8 Å². The minimum atomic E-state index is -0.302. The Morgan fingerprint density at radius 2 is 1.96 bits per heavy atom. The highest BCUT2D eigenvalue weighted by Crippen LogP contribution is 2.35. The maximum atomic E-state index is 11.2. The molecule has 0 saturated heterocycles. The Labute approximate surface area is 166 Å². The summed E-state index contributed by atoms with van der Waals surface area (Å²) in [6.45, 7) is 2.83. The van der Waals surface area contributed by atoms with Crippen molar-refractivity contribution in [1.29, 1.82) is 0 Å². The lowest BCUT2D eigenvalue weighted by Crippen LogP contribution is -2.35. The Morgan fingerprint density at radius 3 is 2.61 bits per heavy atom. The van der Waals surface area contributed by atoms with Gasteiger partial charge in [-0.3, -0.25) is 10.1 Å². The Kier molecular flexibility index (Phi) is 6.52. The zero-order valence-electron chi connectivity index (χ0n) is 16.9. The Balaban J connectivity index is 1.81. The molecule has 150 valence electrons. The van der Waals surface area contributed by atoms with E-state index in [1.54, 1.807) is 19.2 Å². The molecule has 1 atom stereocenters. The molecule has 28 heavy (non-hydrogen) atoms. The largest absolute Gasteiger partial charge is 0.497 e. The summed E-state index contributed by atoms with van der Waals surface area (Å²) >= 11 is 0. The van der Waals surface area contributed by atoms with Gasteiger partial charge >= 0.3 is 0 Å². The normalized spacial score (nSPS) is 16.1. The fourth-order valence-electron chi connectivity index (χ4n) is 3.93. The highest BCUT2D eigenvalue weighted by Gasteiger charge is 2.26. The van der Waals surface area contributed by atoms with Gasteiger partial charge in [0.05, 0.1) is 12.0 Å². The summed E-state index contributed by atoms with van der Waals surface area (Å²) in [6, 6.07) is 13.4. The molecule has 0 N–H and O–H groups in total. The molecule has 2 aromatic rings. The summed E-state index contributed by atoms with van der Waals surface area (Å²) in [5.74, 6) is 1.35. The van der Waals surface area contributed by atoms with E-state index in [0.29, 0.717) is 5.92 Å². The molecule has 1 aliphatic heterocycles. The van der Waals surface area contributed by atoms with Gasteiger partial charge in [0.25, 0.3) is 5.69 Å². The van der Waals surface area contributed by atoms with Crippen molar-refractivity contribution in [2.45, 2.75) is 25.8 Å². The summed E-state index contributed by atoms with van der Waals surface area (Å²) in [6.07, 6.45) is 3.17. The molecule has 0 saturated carbocycles. The standard InChI is InChI=1S/C22H29N3O3/c1-23(2)12-4-5-18-13-19-14-20(25(26)27)8-11-22(19)24(16-18)15-17-6-9-21(28-3)10-7-17/h6-11,14,18H,4-5,12-13,15-16H2,1-3H3. The number of anilines is 1. The second-order valence-electron chi connectivity index (χ2n) is 7.81. The van der Waals surface area contributed by atoms with Crippen molar-refractivity contribution in [2.75, 3.05) is 39.2 Å². The van der Waals surface area contributed by atoms with E-state index in [2.05, 4.69) is 36.0 Å². The minimum Gasteiger partial charge on any atom is -0.497 e. The van der Waals surface area contributed by atoms with Crippen LogP contribution in [0.4, 0.5) is 11.4 Å². The lowest BCUT2D eigenvalue weighted by molar-refractivity contribution is -0.384. The fourth-order valence-corrected chi connectivity index (χ4v) is 3.93. The number of non-ortho nitro benzene ring substituents is 1. The number of hydrogen-bond donors (Lipinski definition) is 0. The molecule has 6 nitrogen and oxygen atoms in total. The maximum absolute atomic E-state index is 11.2. The first-order chi connectivity index (χ1) is 13.5. The third-order valence-corrected chi connectivity index (χ3v) is 5.35. The average molecular weight is 383 g/mol. The molecule has 0 bridgehead atoms. The van der Waals surface area contributed by atoms with Crippen molar-refractivity contribution in [2.24, 2.45) is 5.92 Å². The molecule has 0 amide bonds. The van der Waals surface area contributed by atoms with Gasteiger partial charge in [-0.25, -0.2) is 0 Å². The minimum absolute atomic E-state index is 0.178. The Hall–Kier alpha value is -2.60. The summed E-state index contributed by atoms with van der Waals surface area (Å²) < 4.78 is 5.25. The molecule has 6 heteroatoms. The first kappa shape index (κ1) is 20.1. The number of methoxy groups -OCH3 is 1. The van der Waals surface area contributed by atoms with Gasteiger partial charge in [0.15, 0.2) is 0 Å². The van der Waals surface area contributed by atoms with Crippen molar-refractivity contribution < 1.29 is 9.66 Å². The summed E-state index contributed by atoms with van der Waals surface area (Å²) in [4.78, 5) is 15.5. The lowest BCUT2D eigenvalue weighted by Gasteiger charge is -2.36. The van der Waals surface area contributed by atoms with Gasteiger partial charge in [0, 0.05) is 30.9 Å². The molecule has 0 aromatic heterocycles. The predicted molar refractivity (Wildman–Crippen MR) is 112 cm³/mol. The van der Waals surface area contributed by atoms with Crippen LogP contribution in [0.2, 0.25) is 0 Å². The van der Waals surface area contributed by atoms with E-state index < -0.39 is 0 Å². The van der Waals surface area contributed by atoms with E-state index in [9.17, 15) is 10.1 Å². The molecule has 0 aliphatic carbocycles. The van der Waals surface area contributed by atoms with Crippen LogP contribution >= 0.6 is 0 Å². The van der Waals surface area contributed by atoms with E-state index in [1.165, 1.54) is 5.56 Å². The number of benzene rings is 2. The number of ether oxygens (including phenoxy) is 1. The number of rotatable bonds is 8. The van der Waals surface area contributed by atoms with Crippen molar-refractivity contribution in [3.8, 4) is 5.75 Å². The summed E-state index contributed by atoms with van der Waals surface area (Å²) in [5.41, 5.74) is 3.59. The molecule has 0 radical (unpaired) electrons. The fraction of sp³-hybridized carbons (Fsp3) is 0.455. The van der Waals surface area contributed by atoms with Gasteiger partial charge in [-0.15, -0.1) is 0 Å². The SMILES string of the molecule is COc1ccc(CN2CC(CCCN(C)C)Cc3cc([N+](=O)[O-])ccc32)cc1. The molecule has 1 heterocycles. The van der Waals surface area contributed by atoms with E-state index in [1.807, 2.05) is 18.2 Å². The van der Waals surface area contributed by atoms with Crippen LogP contribution in [0.3, 0.4) is 0 Å². The number of nitro benzene ring substituents is 1. The monoisotopic (exact) mass is 383 g/mol.